The Morgan fingerprint density at radius 2 is 1.89 bits per heavy atom. The minimum absolute atomic E-state index is 0.0850. The molecule has 1 aromatic carbocycles. The molecule has 2 rings (SSSR count). The van der Waals surface area contributed by atoms with Gasteiger partial charge >= 0.3 is 0 Å². The van der Waals surface area contributed by atoms with Gasteiger partial charge < -0.3 is 10.2 Å². The first kappa shape index (κ1) is 13.6. The van der Waals surface area contributed by atoms with E-state index in [0.29, 0.717) is 13.0 Å². The highest BCUT2D eigenvalue weighted by atomic mass is 16.2. The molecule has 1 fully saturated rings. The van der Waals surface area contributed by atoms with Crippen molar-refractivity contribution in [2.24, 2.45) is 0 Å². The molecule has 1 heterocycles. The summed E-state index contributed by atoms with van der Waals surface area (Å²) in [6.45, 7) is 4.85. The average molecular weight is 260 g/mol. The second kappa shape index (κ2) is 5.87. The zero-order chi connectivity index (χ0) is 13.8. The van der Waals surface area contributed by atoms with Gasteiger partial charge in [-0.2, -0.15) is 0 Å². The Hall–Kier alpha value is -1.84. The molecule has 0 spiro atoms. The molecule has 0 atom stereocenters. The van der Waals surface area contributed by atoms with Crippen LogP contribution in [0.15, 0.2) is 18.2 Å². The van der Waals surface area contributed by atoms with Gasteiger partial charge in [0, 0.05) is 18.7 Å². The number of rotatable bonds is 3. The molecule has 0 bridgehead atoms. The fourth-order valence-corrected chi connectivity index (χ4v) is 2.45. The largest absolute Gasteiger partial charge is 0.333 e. The Labute approximate surface area is 113 Å². The predicted octanol–water partition coefficient (Wildman–Crippen LogP) is 2.25. The number of aryl methyl sites for hydroxylation is 2. The monoisotopic (exact) mass is 260 g/mol. The van der Waals surface area contributed by atoms with Crippen LogP contribution in [-0.4, -0.2) is 29.8 Å². The van der Waals surface area contributed by atoms with E-state index >= 15 is 0 Å². The van der Waals surface area contributed by atoms with Gasteiger partial charge in [0.15, 0.2) is 0 Å². The van der Waals surface area contributed by atoms with Crippen molar-refractivity contribution in [3.05, 3.63) is 29.3 Å². The summed E-state index contributed by atoms with van der Waals surface area (Å²) in [4.78, 5) is 25.2. The van der Waals surface area contributed by atoms with Crippen molar-refractivity contribution in [3.8, 4) is 0 Å². The van der Waals surface area contributed by atoms with Crippen LogP contribution in [0.1, 0.15) is 30.4 Å². The third-order valence-corrected chi connectivity index (χ3v) is 3.26. The fraction of sp³-hybridized carbons (Fsp3) is 0.467. The van der Waals surface area contributed by atoms with Crippen molar-refractivity contribution in [3.63, 3.8) is 0 Å². The Morgan fingerprint density at radius 3 is 2.53 bits per heavy atom. The molecule has 102 valence electrons. The highest BCUT2D eigenvalue weighted by molar-refractivity contribution is 5.94. The Morgan fingerprint density at radius 1 is 1.21 bits per heavy atom. The summed E-state index contributed by atoms with van der Waals surface area (Å²) in [6.07, 6.45) is 2.49. The topological polar surface area (TPSA) is 49.4 Å². The zero-order valence-corrected chi connectivity index (χ0v) is 11.5. The van der Waals surface area contributed by atoms with E-state index in [-0.39, 0.29) is 18.4 Å². The minimum Gasteiger partial charge on any atom is -0.333 e. The molecule has 0 radical (unpaired) electrons. The first-order valence-electron chi connectivity index (χ1n) is 6.70. The first-order chi connectivity index (χ1) is 9.04. The lowest BCUT2D eigenvalue weighted by Crippen LogP contribution is -2.40. The molecule has 4 nitrogen and oxygen atoms in total. The quantitative estimate of drug-likeness (QED) is 0.906. The summed E-state index contributed by atoms with van der Waals surface area (Å²) in [7, 11) is 0. The molecule has 4 heteroatoms. The van der Waals surface area contributed by atoms with Crippen molar-refractivity contribution in [2.45, 2.75) is 33.1 Å². The van der Waals surface area contributed by atoms with Gasteiger partial charge in [-0.1, -0.05) is 6.07 Å². The summed E-state index contributed by atoms with van der Waals surface area (Å²) in [6, 6.07) is 5.93. The van der Waals surface area contributed by atoms with E-state index in [1.807, 2.05) is 26.0 Å². The maximum Gasteiger partial charge on any atom is 0.243 e. The second-order valence-electron chi connectivity index (χ2n) is 5.20. The van der Waals surface area contributed by atoms with E-state index < -0.39 is 0 Å². The van der Waals surface area contributed by atoms with Crippen LogP contribution in [0.3, 0.4) is 0 Å². The van der Waals surface area contributed by atoms with E-state index in [4.69, 9.17) is 0 Å². The maximum atomic E-state index is 11.9. The predicted molar refractivity (Wildman–Crippen MR) is 75.0 cm³/mol. The minimum atomic E-state index is -0.125. The molecule has 0 saturated carbocycles. The number of amides is 2. The third-order valence-electron chi connectivity index (χ3n) is 3.26. The number of nitrogens with zero attached hydrogens (tertiary/aromatic N) is 1. The Balaban J connectivity index is 1.95. The van der Waals surface area contributed by atoms with Gasteiger partial charge in [0.2, 0.25) is 11.8 Å². The molecular formula is C15H20N2O2. The van der Waals surface area contributed by atoms with Gasteiger partial charge in [0.05, 0.1) is 6.54 Å². The molecule has 1 N–H and O–H groups in total. The van der Waals surface area contributed by atoms with Gasteiger partial charge in [0.1, 0.15) is 0 Å². The lowest BCUT2D eigenvalue weighted by atomic mass is 10.1. The number of nitrogens with one attached hydrogen (secondary N) is 1. The van der Waals surface area contributed by atoms with E-state index in [1.165, 1.54) is 0 Å². The number of carbonyl (C=O) groups is 2. The number of benzene rings is 1. The van der Waals surface area contributed by atoms with Gasteiger partial charge in [0.25, 0.3) is 0 Å². The number of hydrogen-bond donors (Lipinski definition) is 1. The molecule has 1 aromatic rings. The second-order valence-corrected chi connectivity index (χ2v) is 5.20. The SMILES string of the molecule is Cc1cc(C)cc(NC(=O)CN2CCCCC2=O)c1. The van der Waals surface area contributed by atoms with E-state index in [2.05, 4.69) is 11.4 Å². The number of piperidine rings is 1. The molecule has 0 aromatic heterocycles. The van der Waals surface area contributed by atoms with Crippen molar-refractivity contribution < 1.29 is 9.59 Å². The Kier molecular flexibility index (Phi) is 4.20. The van der Waals surface area contributed by atoms with Crippen LogP contribution in [-0.2, 0) is 9.59 Å². The standard InChI is InChI=1S/C15H20N2O2/c1-11-7-12(2)9-13(8-11)16-14(18)10-17-6-4-3-5-15(17)19/h7-9H,3-6,10H2,1-2H3,(H,16,18). The van der Waals surface area contributed by atoms with E-state index in [0.717, 1.165) is 29.7 Å². The smallest absolute Gasteiger partial charge is 0.243 e. The number of carbonyl (C=O) groups excluding carboxylic acids is 2. The summed E-state index contributed by atoms with van der Waals surface area (Å²) in [5.74, 6) is -0.0397. The van der Waals surface area contributed by atoms with E-state index in [1.54, 1.807) is 4.90 Å². The van der Waals surface area contributed by atoms with Gasteiger partial charge in [-0.3, -0.25) is 9.59 Å². The molecule has 1 aliphatic heterocycles. The number of likely N-dealkylation sites (tertiary alicyclic amines) is 1. The molecule has 0 unspecified atom stereocenters. The van der Waals surface area contributed by atoms with Gasteiger partial charge in [-0.25, -0.2) is 0 Å². The van der Waals surface area contributed by atoms with Crippen molar-refractivity contribution in [1.29, 1.82) is 0 Å². The van der Waals surface area contributed by atoms with Crippen LogP contribution in [0.5, 0.6) is 0 Å². The normalized spacial score (nSPS) is 15.5. The summed E-state index contributed by atoms with van der Waals surface area (Å²) >= 11 is 0. The number of anilines is 1. The maximum absolute atomic E-state index is 11.9. The highest BCUT2D eigenvalue weighted by Gasteiger charge is 2.20. The molecule has 19 heavy (non-hydrogen) atoms. The zero-order valence-electron chi connectivity index (χ0n) is 11.5. The molecule has 2 amide bonds. The van der Waals surface area contributed by atoms with Crippen LogP contribution in [0, 0.1) is 13.8 Å². The fourth-order valence-electron chi connectivity index (χ4n) is 2.45. The van der Waals surface area contributed by atoms with Gasteiger partial charge in [-0.15, -0.1) is 0 Å². The lowest BCUT2D eigenvalue weighted by Gasteiger charge is -2.26. The van der Waals surface area contributed by atoms with Crippen molar-refractivity contribution >= 4 is 17.5 Å². The van der Waals surface area contributed by atoms with Crippen LogP contribution in [0.4, 0.5) is 5.69 Å². The molecular weight excluding hydrogens is 240 g/mol. The van der Waals surface area contributed by atoms with Crippen LogP contribution in [0.25, 0.3) is 0 Å². The van der Waals surface area contributed by atoms with Crippen LogP contribution >= 0.6 is 0 Å². The van der Waals surface area contributed by atoms with Gasteiger partial charge in [-0.05, 0) is 49.9 Å². The molecule has 0 aliphatic carbocycles. The van der Waals surface area contributed by atoms with E-state index in [9.17, 15) is 9.59 Å². The van der Waals surface area contributed by atoms with Crippen molar-refractivity contribution in [2.75, 3.05) is 18.4 Å². The molecule has 1 saturated heterocycles. The highest BCUT2D eigenvalue weighted by Crippen LogP contribution is 2.14. The third kappa shape index (κ3) is 3.81. The first-order valence-corrected chi connectivity index (χ1v) is 6.70. The average Bonchev–Trinajstić information content (AvgIpc) is 2.30. The van der Waals surface area contributed by atoms with Crippen LogP contribution in [0.2, 0.25) is 0 Å². The lowest BCUT2D eigenvalue weighted by molar-refractivity contribution is -0.136. The summed E-state index contributed by atoms with van der Waals surface area (Å²) in [5, 5.41) is 2.86. The summed E-state index contributed by atoms with van der Waals surface area (Å²) < 4.78 is 0. The molecule has 1 aliphatic rings. The Bertz CT molecular complexity index is 477. The number of hydrogen-bond acceptors (Lipinski definition) is 2. The van der Waals surface area contributed by atoms with Crippen LogP contribution < -0.4 is 5.32 Å². The van der Waals surface area contributed by atoms with Crippen molar-refractivity contribution in [1.82, 2.24) is 4.90 Å². The summed E-state index contributed by atoms with van der Waals surface area (Å²) in [5.41, 5.74) is 3.03.